The Bertz CT molecular complexity index is 320. The van der Waals surface area contributed by atoms with Gasteiger partial charge in [-0.05, 0) is 13.5 Å². The number of ether oxygens (including phenoxy) is 1. The molecule has 0 aliphatic carbocycles. The molecular weight excluding hydrogens is 204 g/mol. The van der Waals surface area contributed by atoms with E-state index in [1.165, 1.54) is 0 Å². The molecule has 90 valence electrons. The molecule has 1 aromatic rings. The maximum Gasteiger partial charge on any atom is 0.0950 e. The first-order valence-corrected chi connectivity index (χ1v) is 5.78. The van der Waals surface area contributed by atoms with Gasteiger partial charge in [-0.15, -0.1) is 0 Å². The molecule has 0 aromatic carbocycles. The summed E-state index contributed by atoms with van der Waals surface area (Å²) in [6, 6.07) is 0.541. The lowest BCUT2D eigenvalue weighted by molar-refractivity contribution is 0.156. The van der Waals surface area contributed by atoms with Gasteiger partial charge in [0, 0.05) is 38.5 Å². The monoisotopic (exact) mass is 224 g/mol. The highest BCUT2D eigenvalue weighted by Crippen LogP contribution is 2.12. The normalized spacial score (nSPS) is 20.8. The fourth-order valence-corrected chi connectivity index (χ4v) is 2.01. The van der Waals surface area contributed by atoms with Gasteiger partial charge in [0.25, 0.3) is 0 Å². The summed E-state index contributed by atoms with van der Waals surface area (Å²) >= 11 is 0. The highest BCUT2D eigenvalue weighted by Gasteiger charge is 2.20. The highest BCUT2D eigenvalue weighted by molar-refractivity contribution is 4.97. The highest BCUT2D eigenvalue weighted by atomic mass is 16.5. The van der Waals surface area contributed by atoms with Gasteiger partial charge in [0.1, 0.15) is 0 Å². The third-order valence-corrected chi connectivity index (χ3v) is 3.01. The van der Waals surface area contributed by atoms with Crippen molar-refractivity contribution in [2.45, 2.75) is 25.6 Å². The molecule has 2 heterocycles. The second-order valence-electron chi connectivity index (χ2n) is 4.32. The van der Waals surface area contributed by atoms with Crippen molar-refractivity contribution in [3.63, 3.8) is 0 Å². The molecule has 5 heteroatoms. The Balaban J connectivity index is 1.87. The van der Waals surface area contributed by atoms with Crippen LogP contribution in [0.15, 0.2) is 12.5 Å². The van der Waals surface area contributed by atoms with E-state index in [-0.39, 0.29) is 0 Å². The Morgan fingerprint density at radius 2 is 2.56 bits per heavy atom. The van der Waals surface area contributed by atoms with Gasteiger partial charge in [0.15, 0.2) is 0 Å². The molecule has 0 amide bonds. The summed E-state index contributed by atoms with van der Waals surface area (Å²) in [5, 5.41) is 0. The molecule has 1 saturated heterocycles. The molecular formula is C11H20N4O. The lowest BCUT2D eigenvalue weighted by atomic mass is 10.2. The Morgan fingerprint density at radius 1 is 1.69 bits per heavy atom. The maximum absolute atomic E-state index is 5.50. The van der Waals surface area contributed by atoms with Crippen molar-refractivity contribution in [1.29, 1.82) is 0 Å². The minimum atomic E-state index is 0.541. The largest absolute Gasteiger partial charge is 0.380 e. The van der Waals surface area contributed by atoms with E-state index in [1.54, 1.807) is 0 Å². The van der Waals surface area contributed by atoms with Crippen molar-refractivity contribution in [2.75, 3.05) is 26.8 Å². The summed E-state index contributed by atoms with van der Waals surface area (Å²) in [5.41, 5.74) is 6.59. The molecule has 2 rings (SSSR count). The van der Waals surface area contributed by atoms with Gasteiger partial charge in [-0.25, -0.2) is 4.98 Å². The van der Waals surface area contributed by atoms with Crippen molar-refractivity contribution in [3.05, 3.63) is 18.2 Å². The molecule has 1 unspecified atom stereocenters. The second kappa shape index (κ2) is 5.43. The fourth-order valence-electron chi connectivity index (χ4n) is 2.01. The molecule has 16 heavy (non-hydrogen) atoms. The molecule has 1 fully saturated rings. The van der Waals surface area contributed by atoms with Gasteiger partial charge in [-0.2, -0.15) is 0 Å². The number of imidazole rings is 1. The summed E-state index contributed by atoms with van der Waals surface area (Å²) in [5.74, 6) is 0. The zero-order valence-corrected chi connectivity index (χ0v) is 9.80. The number of likely N-dealkylation sites (N-methyl/N-ethyl adjacent to an activating group) is 1. The Labute approximate surface area is 96.2 Å². The molecule has 0 radical (unpaired) electrons. The van der Waals surface area contributed by atoms with Crippen molar-refractivity contribution < 1.29 is 4.74 Å². The van der Waals surface area contributed by atoms with Crippen molar-refractivity contribution in [1.82, 2.24) is 14.5 Å². The van der Waals surface area contributed by atoms with Crippen LogP contribution in [0.5, 0.6) is 0 Å². The number of aromatic nitrogens is 2. The topological polar surface area (TPSA) is 56.3 Å². The quantitative estimate of drug-likeness (QED) is 0.768. The summed E-state index contributed by atoms with van der Waals surface area (Å²) in [6.07, 6.45) is 5.04. The van der Waals surface area contributed by atoms with Crippen LogP contribution >= 0.6 is 0 Å². The Kier molecular flexibility index (Phi) is 3.93. The molecule has 1 aliphatic heterocycles. The SMILES string of the molecule is CN(Cc1cn(CCN)cn1)C1CCOC1. The predicted molar refractivity (Wildman–Crippen MR) is 62.0 cm³/mol. The number of nitrogens with zero attached hydrogens (tertiary/aromatic N) is 3. The van der Waals surface area contributed by atoms with Crippen LogP contribution in [-0.2, 0) is 17.8 Å². The Hall–Kier alpha value is -0.910. The summed E-state index contributed by atoms with van der Waals surface area (Å²) in [6.45, 7) is 4.10. The molecule has 0 bridgehead atoms. The van der Waals surface area contributed by atoms with Crippen LogP contribution in [0.25, 0.3) is 0 Å². The number of nitrogens with two attached hydrogens (primary N) is 1. The van der Waals surface area contributed by atoms with Gasteiger partial charge in [-0.3, -0.25) is 4.90 Å². The molecule has 1 aromatic heterocycles. The first-order valence-electron chi connectivity index (χ1n) is 5.78. The van der Waals surface area contributed by atoms with Gasteiger partial charge in [-0.1, -0.05) is 0 Å². The molecule has 5 nitrogen and oxygen atoms in total. The third kappa shape index (κ3) is 2.81. The lowest BCUT2D eigenvalue weighted by Crippen LogP contribution is -2.31. The van der Waals surface area contributed by atoms with Crippen LogP contribution in [0, 0.1) is 0 Å². The van der Waals surface area contributed by atoms with Crippen molar-refractivity contribution in [2.24, 2.45) is 5.73 Å². The fraction of sp³-hybridized carbons (Fsp3) is 0.727. The van der Waals surface area contributed by atoms with E-state index in [4.69, 9.17) is 10.5 Å². The molecule has 0 saturated carbocycles. The van der Waals surface area contributed by atoms with Crippen LogP contribution in [0.4, 0.5) is 0 Å². The average molecular weight is 224 g/mol. The molecule has 2 N–H and O–H groups in total. The van der Waals surface area contributed by atoms with E-state index in [0.29, 0.717) is 12.6 Å². The number of hydrogen-bond donors (Lipinski definition) is 1. The zero-order valence-electron chi connectivity index (χ0n) is 9.80. The minimum absolute atomic E-state index is 0.541. The van der Waals surface area contributed by atoms with E-state index in [1.807, 2.05) is 10.9 Å². The van der Waals surface area contributed by atoms with Gasteiger partial charge in [0.05, 0.1) is 18.6 Å². The molecule has 0 spiro atoms. The van der Waals surface area contributed by atoms with E-state index in [2.05, 4.69) is 23.1 Å². The molecule has 1 atom stereocenters. The van der Waals surface area contributed by atoms with Crippen LogP contribution < -0.4 is 5.73 Å². The van der Waals surface area contributed by atoms with E-state index >= 15 is 0 Å². The van der Waals surface area contributed by atoms with Gasteiger partial charge < -0.3 is 15.0 Å². The van der Waals surface area contributed by atoms with Crippen LogP contribution in [0.2, 0.25) is 0 Å². The number of hydrogen-bond acceptors (Lipinski definition) is 4. The van der Waals surface area contributed by atoms with E-state index < -0.39 is 0 Å². The first kappa shape index (κ1) is 11.6. The van der Waals surface area contributed by atoms with Crippen LogP contribution in [0.3, 0.4) is 0 Å². The second-order valence-corrected chi connectivity index (χ2v) is 4.32. The van der Waals surface area contributed by atoms with Crippen molar-refractivity contribution >= 4 is 0 Å². The van der Waals surface area contributed by atoms with Crippen LogP contribution in [-0.4, -0.2) is 47.3 Å². The summed E-state index contributed by atoms with van der Waals surface area (Å²) in [4.78, 5) is 6.68. The minimum Gasteiger partial charge on any atom is -0.380 e. The van der Waals surface area contributed by atoms with Gasteiger partial charge in [0.2, 0.25) is 0 Å². The Morgan fingerprint density at radius 3 is 3.25 bits per heavy atom. The predicted octanol–water partition coefficient (Wildman–Crippen LogP) is 0.0625. The van der Waals surface area contributed by atoms with Crippen LogP contribution in [0.1, 0.15) is 12.1 Å². The number of rotatable bonds is 5. The maximum atomic E-state index is 5.50. The van der Waals surface area contributed by atoms with Gasteiger partial charge >= 0.3 is 0 Å². The van der Waals surface area contributed by atoms with E-state index in [0.717, 1.165) is 38.4 Å². The van der Waals surface area contributed by atoms with Crippen molar-refractivity contribution in [3.8, 4) is 0 Å². The first-order chi connectivity index (χ1) is 7.79. The smallest absolute Gasteiger partial charge is 0.0950 e. The lowest BCUT2D eigenvalue weighted by Gasteiger charge is -2.21. The molecule has 1 aliphatic rings. The van der Waals surface area contributed by atoms with E-state index in [9.17, 15) is 0 Å². The summed E-state index contributed by atoms with van der Waals surface area (Å²) < 4.78 is 7.41. The third-order valence-electron chi connectivity index (χ3n) is 3.01. The summed E-state index contributed by atoms with van der Waals surface area (Å²) in [7, 11) is 2.13. The zero-order chi connectivity index (χ0) is 11.4. The average Bonchev–Trinajstić information content (AvgIpc) is 2.89. The standard InChI is InChI=1S/C11H20N4O/c1-14(11-2-5-16-8-11)6-10-7-15(4-3-12)9-13-10/h7,9,11H,2-6,8,12H2,1H3.